The van der Waals surface area contributed by atoms with Gasteiger partial charge in [0.2, 0.25) is 0 Å². The highest BCUT2D eigenvalue weighted by Gasteiger charge is 2.62. The summed E-state index contributed by atoms with van der Waals surface area (Å²) in [4.78, 5) is 25.6. The quantitative estimate of drug-likeness (QED) is 0.490. The fourth-order valence-electron chi connectivity index (χ4n) is 7.11. The van der Waals surface area contributed by atoms with Crippen LogP contribution in [0.1, 0.15) is 58.1 Å². The highest BCUT2D eigenvalue weighted by Crippen LogP contribution is 2.63. The van der Waals surface area contributed by atoms with E-state index >= 15 is 0 Å². The van der Waals surface area contributed by atoms with E-state index in [2.05, 4.69) is 50.2 Å². The molecule has 1 heterocycles. The molecule has 2 aromatic rings. The van der Waals surface area contributed by atoms with Gasteiger partial charge in [0, 0.05) is 0 Å². The minimum atomic E-state index is -0.264. The van der Waals surface area contributed by atoms with Crippen LogP contribution >= 0.6 is 0 Å². The van der Waals surface area contributed by atoms with Crippen molar-refractivity contribution in [2.45, 2.75) is 51.4 Å². The van der Waals surface area contributed by atoms with Crippen LogP contribution in [-0.2, 0) is 27.2 Å². The first-order valence-electron chi connectivity index (χ1n) is 11.0. The minimum Gasteiger partial charge on any atom is -0.393 e. The molecule has 2 aromatic carbocycles. The minimum absolute atomic E-state index is 0.195. The Balaban J connectivity index is 1.60. The lowest BCUT2D eigenvalue weighted by molar-refractivity contribution is -0.154. The Kier molecular flexibility index (Phi) is 3.63. The second-order valence-corrected chi connectivity index (χ2v) is 9.65. The zero-order chi connectivity index (χ0) is 19.9. The lowest BCUT2D eigenvalue weighted by atomic mass is 9.49. The van der Waals surface area contributed by atoms with Crippen molar-refractivity contribution in [1.82, 2.24) is 0 Å². The Labute approximate surface area is 171 Å². The predicted molar refractivity (Wildman–Crippen MR) is 110 cm³/mol. The number of carbonyl (C=O) groups excluding carboxylic acids is 2. The van der Waals surface area contributed by atoms with Crippen LogP contribution in [0, 0.1) is 37.5 Å². The number of fused-ring (bicyclic) bond motifs is 10. The topological polar surface area (TPSA) is 43.4 Å². The SMILES string of the molecule is Cc1ccc2c(c1)[C@H]1[C@H](CC2)[C@H]2C(=O)OC(=O)[C@@H]2[C@@H]2CCc3ccc(C)cc3[C@@H]21. The van der Waals surface area contributed by atoms with Gasteiger partial charge in [-0.3, -0.25) is 9.59 Å². The number of aryl methyl sites for hydroxylation is 4. The van der Waals surface area contributed by atoms with Gasteiger partial charge < -0.3 is 4.74 Å². The van der Waals surface area contributed by atoms with Crippen molar-refractivity contribution in [1.29, 1.82) is 0 Å². The van der Waals surface area contributed by atoms with E-state index in [1.54, 1.807) is 0 Å². The van der Waals surface area contributed by atoms with E-state index in [0.717, 1.165) is 25.7 Å². The molecule has 1 saturated heterocycles. The number of esters is 2. The molecular formula is C26H26O3. The van der Waals surface area contributed by atoms with Crippen LogP contribution in [0.15, 0.2) is 36.4 Å². The third kappa shape index (κ3) is 2.36. The van der Waals surface area contributed by atoms with Crippen molar-refractivity contribution < 1.29 is 14.3 Å². The molecule has 3 aliphatic carbocycles. The van der Waals surface area contributed by atoms with Gasteiger partial charge in [-0.15, -0.1) is 0 Å². The molecule has 0 bridgehead atoms. The fraction of sp³-hybridized carbons (Fsp3) is 0.462. The molecular weight excluding hydrogens is 360 g/mol. The Morgan fingerprint density at radius 1 is 0.690 bits per heavy atom. The van der Waals surface area contributed by atoms with Crippen LogP contribution in [0.25, 0.3) is 0 Å². The maximum Gasteiger partial charge on any atom is 0.317 e. The molecule has 2 fully saturated rings. The van der Waals surface area contributed by atoms with E-state index in [1.807, 2.05) is 0 Å². The Morgan fingerprint density at radius 2 is 1.14 bits per heavy atom. The van der Waals surface area contributed by atoms with Gasteiger partial charge in [0.05, 0.1) is 11.8 Å². The standard InChI is InChI=1S/C26H26O3/c1-13-3-5-15-7-9-17-21(19(15)11-13)22-18(24-23(17)25(27)29-26(24)28)10-8-16-6-4-14(2)12-20(16)22/h3-6,11-12,17-18,21-24H,7-10H2,1-2H3/t17-,18+,21-,22-,23-,24-/m1/s1. The van der Waals surface area contributed by atoms with Crippen LogP contribution in [0.3, 0.4) is 0 Å². The summed E-state index contributed by atoms with van der Waals surface area (Å²) in [6, 6.07) is 13.6. The zero-order valence-electron chi connectivity index (χ0n) is 17.0. The molecule has 1 aliphatic heterocycles. The van der Waals surface area contributed by atoms with E-state index in [9.17, 15) is 9.59 Å². The van der Waals surface area contributed by atoms with Gasteiger partial charge in [0.25, 0.3) is 0 Å². The predicted octanol–water partition coefficient (Wildman–Crippen LogP) is 4.63. The second-order valence-electron chi connectivity index (χ2n) is 9.65. The average Bonchev–Trinajstić information content (AvgIpc) is 3.01. The molecule has 1 saturated carbocycles. The number of rotatable bonds is 0. The van der Waals surface area contributed by atoms with E-state index < -0.39 is 0 Å². The van der Waals surface area contributed by atoms with Crippen LogP contribution in [-0.4, -0.2) is 11.9 Å². The van der Waals surface area contributed by atoms with Crippen molar-refractivity contribution in [2.24, 2.45) is 23.7 Å². The summed E-state index contributed by atoms with van der Waals surface area (Å²) in [6.07, 6.45) is 3.91. The lowest BCUT2D eigenvalue weighted by Gasteiger charge is -2.52. The van der Waals surface area contributed by atoms with Gasteiger partial charge in [-0.25, -0.2) is 0 Å². The lowest BCUT2D eigenvalue weighted by Crippen LogP contribution is -2.48. The first-order valence-corrected chi connectivity index (χ1v) is 11.0. The molecule has 148 valence electrons. The fourth-order valence-corrected chi connectivity index (χ4v) is 7.11. The van der Waals surface area contributed by atoms with Crippen molar-refractivity contribution in [3.05, 3.63) is 69.8 Å². The van der Waals surface area contributed by atoms with Gasteiger partial charge in [0.15, 0.2) is 0 Å². The van der Waals surface area contributed by atoms with Crippen LogP contribution in [0.5, 0.6) is 0 Å². The Hall–Kier alpha value is -2.42. The number of hydrogen-bond donors (Lipinski definition) is 0. The molecule has 29 heavy (non-hydrogen) atoms. The second kappa shape index (κ2) is 6.04. The number of carbonyl (C=O) groups is 2. The summed E-state index contributed by atoms with van der Waals surface area (Å²) >= 11 is 0. The summed E-state index contributed by atoms with van der Waals surface area (Å²) in [6.45, 7) is 4.30. The largest absolute Gasteiger partial charge is 0.393 e. The molecule has 0 N–H and O–H groups in total. The molecule has 0 aromatic heterocycles. The van der Waals surface area contributed by atoms with Crippen molar-refractivity contribution >= 4 is 11.9 Å². The first-order chi connectivity index (χ1) is 14.0. The monoisotopic (exact) mass is 386 g/mol. The van der Waals surface area contributed by atoms with E-state index in [0.29, 0.717) is 11.8 Å². The Morgan fingerprint density at radius 3 is 1.59 bits per heavy atom. The Bertz CT molecular complexity index is 968. The van der Waals surface area contributed by atoms with Crippen molar-refractivity contribution in [2.75, 3.05) is 0 Å². The highest BCUT2D eigenvalue weighted by atomic mass is 16.6. The van der Waals surface area contributed by atoms with E-state index in [-0.39, 0.29) is 35.6 Å². The summed E-state index contributed by atoms with van der Waals surface area (Å²) in [5.74, 6) is -0.0583. The smallest absolute Gasteiger partial charge is 0.317 e. The number of cyclic esters (lactones) is 2. The van der Waals surface area contributed by atoms with E-state index in [4.69, 9.17) is 4.74 Å². The normalized spacial score (nSPS) is 34.4. The molecule has 3 nitrogen and oxygen atoms in total. The molecule has 0 spiro atoms. The van der Waals surface area contributed by atoms with Gasteiger partial charge >= 0.3 is 11.9 Å². The summed E-state index contributed by atoms with van der Waals surface area (Å²) in [7, 11) is 0. The molecule has 0 radical (unpaired) electrons. The maximum absolute atomic E-state index is 12.8. The molecule has 6 rings (SSSR count). The third-order valence-electron chi connectivity index (χ3n) is 8.18. The van der Waals surface area contributed by atoms with Gasteiger partial charge in [-0.1, -0.05) is 47.5 Å². The van der Waals surface area contributed by atoms with Crippen molar-refractivity contribution in [3.63, 3.8) is 0 Å². The van der Waals surface area contributed by atoms with Gasteiger partial charge in [0.1, 0.15) is 0 Å². The average molecular weight is 386 g/mol. The van der Waals surface area contributed by atoms with Gasteiger partial charge in [-0.05, 0) is 85.5 Å². The molecule has 3 heteroatoms. The molecule has 6 atom stereocenters. The van der Waals surface area contributed by atoms with Crippen molar-refractivity contribution in [3.8, 4) is 0 Å². The molecule has 4 aliphatic rings. The summed E-state index contributed by atoms with van der Waals surface area (Å²) in [5.41, 5.74) is 8.22. The van der Waals surface area contributed by atoms with Crippen LogP contribution < -0.4 is 0 Å². The maximum atomic E-state index is 12.8. The molecule has 0 unspecified atom stereocenters. The number of ether oxygens (including phenoxy) is 1. The number of benzene rings is 2. The first kappa shape index (κ1) is 17.4. The van der Waals surface area contributed by atoms with Gasteiger partial charge in [-0.2, -0.15) is 0 Å². The van der Waals surface area contributed by atoms with Crippen LogP contribution in [0.2, 0.25) is 0 Å². The molecule has 0 amide bonds. The summed E-state index contributed by atoms with van der Waals surface area (Å²) < 4.78 is 5.25. The number of hydrogen-bond acceptors (Lipinski definition) is 3. The van der Waals surface area contributed by atoms with E-state index in [1.165, 1.54) is 33.4 Å². The summed E-state index contributed by atoms with van der Waals surface area (Å²) in [5, 5.41) is 0. The van der Waals surface area contributed by atoms with Crippen LogP contribution in [0.4, 0.5) is 0 Å². The third-order valence-corrected chi connectivity index (χ3v) is 8.18. The highest BCUT2D eigenvalue weighted by molar-refractivity contribution is 5.97. The zero-order valence-corrected chi connectivity index (χ0v) is 17.0.